The number of amides is 2. The van der Waals surface area contributed by atoms with E-state index in [-0.39, 0.29) is 11.5 Å². The van der Waals surface area contributed by atoms with Gasteiger partial charge >= 0.3 is 6.18 Å². The first-order valence-electron chi connectivity index (χ1n) is 11.5. The second-order valence-electron chi connectivity index (χ2n) is 8.45. The summed E-state index contributed by atoms with van der Waals surface area (Å²) >= 11 is 0. The third-order valence-corrected chi connectivity index (χ3v) is 5.94. The van der Waals surface area contributed by atoms with Crippen molar-refractivity contribution in [3.05, 3.63) is 95.1 Å². The number of nitrogens with one attached hydrogen (secondary N) is 2. The number of carbonyl (C=O) groups excluding carboxylic acids is 2. The summed E-state index contributed by atoms with van der Waals surface area (Å²) in [5.41, 5.74) is 1.63. The van der Waals surface area contributed by atoms with E-state index in [1.54, 1.807) is 18.2 Å². The van der Waals surface area contributed by atoms with E-state index >= 15 is 0 Å². The zero-order valence-corrected chi connectivity index (χ0v) is 19.1. The molecule has 0 saturated carbocycles. The molecule has 4 rings (SSSR count). The van der Waals surface area contributed by atoms with Crippen LogP contribution in [0.4, 0.5) is 24.5 Å². The normalized spacial score (nSPS) is 13.5. The number of anilines is 2. The minimum atomic E-state index is -4.54. The van der Waals surface area contributed by atoms with E-state index in [0.717, 1.165) is 49.3 Å². The van der Waals surface area contributed by atoms with E-state index in [1.807, 2.05) is 30.3 Å². The standard InChI is InChI=1S/C27H26F3N3O2/c28-27(29,30)21-10-6-9-20(17-21)25(34)32-22-11-12-24(33-15-4-5-16-33)23(18-22)26(35)31-14-13-19-7-2-1-3-8-19/h1-3,6-12,17-18H,4-5,13-16H2,(H,31,35)(H,32,34). The molecule has 0 atom stereocenters. The van der Waals surface area contributed by atoms with Crippen LogP contribution in [0.15, 0.2) is 72.8 Å². The molecule has 2 N–H and O–H groups in total. The second kappa shape index (κ2) is 10.6. The molecule has 2 amide bonds. The summed E-state index contributed by atoms with van der Waals surface area (Å²) in [5, 5.41) is 5.57. The fraction of sp³-hybridized carbons (Fsp3) is 0.259. The summed E-state index contributed by atoms with van der Waals surface area (Å²) in [7, 11) is 0. The third-order valence-electron chi connectivity index (χ3n) is 5.94. The molecule has 0 spiro atoms. The van der Waals surface area contributed by atoms with Crippen LogP contribution in [0.2, 0.25) is 0 Å². The Morgan fingerprint density at radius 1 is 0.857 bits per heavy atom. The van der Waals surface area contributed by atoms with E-state index in [1.165, 1.54) is 12.1 Å². The lowest BCUT2D eigenvalue weighted by Crippen LogP contribution is -2.29. The van der Waals surface area contributed by atoms with Crippen molar-refractivity contribution in [2.75, 3.05) is 29.9 Å². The molecule has 1 fully saturated rings. The Hall–Kier alpha value is -3.81. The highest BCUT2D eigenvalue weighted by molar-refractivity contribution is 6.06. The molecule has 0 unspecified atom stereocenters. The molecule has 0 aliphatic carbocycles. The number of hydrogen-bond donors (Lipinski definition) is 2. The van der Waals surface area contributed by atoms with Gasteiger partial charge in [-0.3, -0.25) is 9.59 Å². The Morgan fingerprint density at radius 2 is 1.60 bits per heavy atom. The molecule has 35 heavy (non-hydrogen) atoms. The molecule has 0 bridgehead atoms. The fourth-order valence-electron chi connectivity index (χ4n) is 4.13. The van der Waals surface area contributed by atoms with Crippen LogP contribution in [-0.2, 0) is 12.6 Å². The molecule has 5 nitrogen and oxygen atoms in total. The van der Waals surface area contributed by atoms with E-state index < -0.39 is 17.6 Å². The highest BCUT2D eigenvalue weighted by Gasteiger charge is 2.31. The van der Waals surface area contributed by atoms with E-state index in [0.29, 0.717) is 24.2 Å². The smallest absolute Gasteiger partial charge is 0.371 e. The molecule has 182 valence electrons. The van der Waals surface area contributed by atoms with Gasteiger partial charge in [-0.1, -0.05) is 36.4 Å². The zero-order chi connectivity index (χ0) is 24.8. The van der Waals surface area contributed by atoms with Gasteiger partial charge in [0.15, 0.2) is 0 Å². The van der Waals surface area contributed by atoms with Crippen LogP contribution >= 0.6 is 0 Å². The van der Waals surface area contributed by atoms with Gasteiger partial charge in [0.2, 0.25) is 0 Å². The first kappa shape index (κ1) is 24.3. The highest BCUT2D eigenvalue weighted by Crippen LogP contribution is 2.30. The van der Waals surface area contributed by atoms with Crippen LogP contribution < -0.4 is 15.5 Å². The number of alkyl halides is 3. The van der Waals surface area contributed by atoms with Crippen LogP contribution in [0.5, 0.6) is 0 Å². The summed E-state index contributed by atoms with van der Waals surface area (Å²) in [6.07, 6.45) is -1.80. The lowest BCUT2D eigenvalue weighted by atomic mass is 10.1. The topological polar surface area (TPSA) is 61.4 Å². The molecule has 3 aromatic carbocycles. The number of benzene rings is 3. The molecule has 8 heteroatoms. The quantitative estimate of drug-likeness (QED) is 0.467. The van der Waals surface area contributed by atoms with E-state index in [2.05, 4.69) is 15.5 Å². The summed E-state index contributed by atoms with van der Waals surface area (Å²) in [6.45, 7) is 2.11. The average molecular weight is 482 g/mol. The number of rotatable bonds is 7. The summed E-state index contributed by atoms with van der Waals surface area (Å²) in [5.74, 6) is -0.946. The molecule has 0 aromatic heterocycles. The van der Waals surface area contributed by atoms with Gasteiger partial charge in [-0.25, -0.2) is 0 Å². The van der Waals surface area contributed by atoms with Crippen molar-refractivity contribution >= 4 is 23.2 Å². The molecular weight excluding hydrogens is 455 g/mol. The first-order valence-corrected chi connectivity index (χ1v) is 11.5. The molecule has 1 aliphatic heterocycles. The van der Waals surface area contributed by atoms with Gasteiger partial charge in [-0.05, 0) is 61.2 Å². The fourth-order valence-corrected chi connectivity index (χ4v) is 4.13. The minimum absolute atomic E-state index is 0.114. The van der Waals surface area contributed by atoms with Crippen molar-refractivity contribution in [3.8, 4) is 0 Å². The Labute approximate surface area is 202 Å². The van der Waals surface area contributed by atoms with Crippen LogP contribution in [-0.4, -0.2) is 31.4 Å². The maximum Gasteiger partial charge on any atom is 0.416 e. The predicted octanol–water partition coefficient (Wildman–Crippen LogP) is 5.53. The van der Waals surface area contributed by atoms with Crippen LogP contribution in [0, 0.1) is 0 Å². The van der Waals surface area contributed by atoms with Crippen LogP contribution in [0.25, 0.3) is 0 Å². The Morgan fingerprint density at radius 3 is 2.31 bits per heavy atom. The van der Waals surface area contributed by atoms with Gasteiger partial charge in [0.1, 0.15) is 0 Å². The Kier molecular flexibility index (Phi) is 7.39. The molecule has 0 radical (unpaired) electrons. The molecule has 1 aliphatic rings. The van der Waals surface area contributed by atoms with Gasteiger partial charge < -0.3 is 15.5 Å². The zero-order valence-electron chi connectivity index (χ0n) is 19.1. The van der Waals surface area contributed by atoms with E-state index in [9.17, 15) is 22.8 Å². The first-order chi connectivity index (χ1) is 16.8. The third kappa shape index (κ3) is 6.20. The average Bonchev–Trinajstić information content (AvgIpc) is 3.39. The lowest BCUT2D eigenvalue weighted by molar-refractivity contribution is -0.137. The Balaban J connectivity index is 1.52. The lowest BCUT2D eigenvalue weighted by Gasteiger charge is -2.22. The monoisotopic (exact) mass is 481 g/mol. The van der Waals surface area contributed by atoms with Crippen molar-refractivity contribution in [1.82, 2.24) is 5.32 Å². The van der Waals surface area contributed by atoms with Crippen molar-refractivity contribution in [2.24, 2.45) is 0 Å². The van der Waals surface area contributed by atoms with Crippen molar-refractivity contribution in [1.29, 1.82) is 0 Å². The number of hydrogen-bond acceptors (Lipinski definition) is 3. The second-order valence-corrected chi connectivity index (χ2v) is 8.45. The van der Waals surface area contributed by atoms with Crippen molar-refractivity contribution in [2.45, 2.75) is 25.4 Å². The van der Waals surface area contributed by atoms with E-state index in [4.69, 9.17) is 0 Å². The van der Waals surface area contributed by atoms with Crippen LogP contribution in [0.3, 0.4) is 0 Å². The number of halogens is 3. The van der Waals surface area contributed by atoms with Gasteiger partial charge in [0, 0.05) is 36.6 Å². The van der Waals surface area contributed by atoms with Crippen molar-refractivity contribution < 1.29 is 22.8 Å². The number of carbonyl (C=O) groups is 2. The largest absolute Gasteiger partial charge is 0.416 e. The summed E-state index contributed by atoms with van der Waals surface area (Å²) in [4.78, 5) is 27.9. The molecule has 1 saturated heterocycles. The van der Waals surface area contributed by atoms with Crippen molar-refractivity contribution in [3.63, 3.8) is 0 Å². The van der Waals surface area contributed by atoms with Gasteiger partial charge in [-0.15, -0.1) is 0 Å². The maximum atomic E-state index is 13.1. The maximum absolute atomic E-state index is 13.1. The predicted molar refractivity (Wildman–Crippen MR) is 130 cm³/mol. The van der Waals surface area contributed by atoms with Gasteiger partial charge in [-0.2, -0.15) is 13.2 Å². The number of nitrogens with zero attached hydrogens (tertiary/aromatic N) is 1. The highest BCUT2D eigenvalue weighted by atomic mass is 19.4. The summed E-state index contributed by atoms with van der Waals surface area (Å²) in [6, 6.07) is 19.1. The Bertz CT molecular complexity index is 1190. The van der Waals surface area contributed by atoms with Gasteiger partial charge in [0.05, 0.1) is 11.1 Å². The summed E-state index contributed by atoms with van der Waals surface area (Å²) < 4.78 is 39.1. The van der Waals surface area contributed by atoms with Crippen LogP contribution in [0.1, 0.15) is 44.7 Å². The minimum Gasteiger partial charge on any atom is -0.371 e. The van der Waals surface area contributed by atoms with Gasteiger partial charge in [0.25, 0.3) is 11.8 Å². The molecular formula is C27H26F3N3O2. The molecule has 1 heterocycles. The molecule has 3 aromatic rings. The SMILES string of the molecule is O=C(Nc1ccc(N2CCCC2)c(C(=O)NCCc2ccccc2)c1)c1cccc(C(F)(F)F)c1.